The van der Waals surface area contributed by atoms with Crippen molar-refractivity contribution in [3.05, 3.63) is 64.5 Å². The SMILES string of the molecule is COc1ccc(CCn2cnc3cc(NC(=NC4CC5CC(C4C)C5(C)C)N4CCN(CCN5CCOCC5)CC4)ccc3c2=O)c(F)c1. The van der Waals surface area contributed by atoms with Crippen LogP contribution in [0.5, 0.6) is 5.75 Å². The molecule has 4 atom stereocenters. The minimum atomic E-state index is -0.341. The summed E-state index contributed by atoms with van der Waals surface area (Å²) in [4.78, 5) is 31.0. The molecule has 1 aromatic heterocycles. The number of morpholine rings is 1. The molecule has 3 aliphatic carbocycles. The molecule has 0 spiro atoms. The number of nitrogens with zero attached hydrogens (tertiary/aromatic N) is 6. The van der Waals surface area contributed by atoms with Gasteiger partial charge in [0.25, 0.3) is 5.56 Å². The quantitative estimate of drug-likeness (QED) is 0.261. The third-order valence-corrected chi connectivity index (χ3v) is 12.1. The Morgan fingerprint density at radius 3 is 2.47 bits per heavy atom. The second kappa shape index (κ2) is 14.4. The Morgan fingerprint density at radius 2 is 1.78 bits per heavy atom. The Kier molecular flexibility index (Phi) is 9.95. The standard InChI is InChI=1S/C38H52FN7O3/c1-26-32-21-28(38(32,2)3)22-34(26)42-37(45-15-13-43(14-16-45)11-12-44-17-19-49-20-18-44)41-29-6-8-31-35(23-29)40-25-46(36(31)47)10-9-27-5-7-30(48-4)24-33(27)39/h5-8,23-26,28,32,34H,9-22H2,1-4H3,(H,41,42). The van der Waals surface area contributed by atoms with Crippen LogP contribution in [-0.4, -0.2) is 109 Å². The van der Waals surface area contributed by atoms with Gasteiger partial charge in [-0.15, -0.1) is 0 Å². The first-order valence-electron chi connectivity index (χ1n) is 18.1. The molecule has 3 saturated carbocycles. The minimum Gasteiger partial charge on any atom is -0.497 e. The third-order valence-electron chi connectivity index (χ3n) is 12.1. The molecule has 3 heterocycles. The van der Waals surface area contributed by atoms with Crippen LogP contribution in [-0.2, 0) is 17.7 Å². The number of aryl methyl sites for hydroxylation is 2. The lowest BCUT2D eigenvalue weighted by Crippen LogP contribution is -2.57. The van der Waals surface area contributed by atoms with E-state index < -0.39 is 0 Å². The summed E-state index contributed by atoms with van der Waals surface area (Å²) in [6.07, 6.45) is 4.41. The number of halogens is 1. The van der Waals surface area contributed by atoms with Crippen molar-refractivity contribution in [1.29, 1.82) is 0 Å². The van der Waals surface area contributed by atoms with Crippen molar-refractivity contribution < 1.29 is 13.9 Å². The zero-order valence-electron chi connectivity index (χ0n) is 29.5. The second-order valence-corrected chi connectivity index (χ2v) is 15.1. The monoisotopic (exact) mass is 673 g/mol. The van der Waals surface area contributed by atoms with Crippen LogP contribution in [0.15, 0.2) is 52.5 Å². The van der Waals surface area contributed by atoms with Crippen molar-refractivity contribution in [1.82, 2.24) is 24.3 Å². The first kappa shape index (κ1) is 33.9. The molecule has 5 fully saturated rings. The molecule has 0 radical (unpaired) electrons. The summed E-state index contributed by atoms with van der Waals surface area (Å²) in [6.45, 7) is 17.3. The molecular formula is C38H52FN7O3. The number of piperazine rings is 1. The van der Waals surface area contributed by atoms with Gasteiger partial charge in [0, 0.05) is 70.7 Å². The second-order valence-electron chi connectivity index (χ2n) is 15.1. The Balaban J connectivity index is 1.06. The number of nitrogens with one attached hydrogen (secondary N) is 1. The van der Waals surface area contributed by atoms with E-state index in [1.165, 1.54) is 19.6 Å². The van der Waals surface area contributed by atoms with Gasteiger partial charge in [0.05, 0.1) is 43.6 Å². The molecule has 1 N–H and O–H groups in total. The molecule has 0 amide bonds. The largest absolute Gasteiger partial charge is 0.497 e. The Labute approximate surface area is 289 Å². The van der Waals surface area contributed by atoms with Crippen LogP contribution in [0.4, 0.5) is 10.1 Å². The number of hydrogen-bond acceptors (Lipinski definition) is 7. The molecule has 10 nitrogen and oxygen atoms in total. The zero-order valence-corrected chi connectivity index (χ0v) is 29.5. The van der Waals surface area contributed by atoms with Crippen LogP contribution in [0.3, 0.4) is 0 Å². The van der Waals surface area contributed by atoms with E-state index >= 15 is 0 Å². The minimum absolute atomic E-state index is 0.134. The highest BCUT2D eigenvalue weighted by molar-refractivity contribution is 5.96. The van der Waals surface area contributed by atoms with Gasteiger partial charge in [0.1, 0.15) is 11.6 Å². The Morgan fingerprint density at radius 1 is 1.02 bits per heavy atom. The molecule has 11 heteroatoms. The van der Waals surface area contributed by atoms with Crippen molar-refractivity contribution in [2.24, 2.45) is 28.2 Å². The van der Waals surface area contributed by atoms with Gasteiger partial charge >= 0.3 is 0 Å². The molecule has 2 aromatic carbocycles. The topological polar surface area (TPSA) is 87.5 Å². The van der Waals surface area contributed by atoms with Crippen molar-refractivity contribution in [3.63, 3.8) is 0 Å². The number of hydrogen-bond donors (Lipinski definition) is 1. The van der Waals surface area contributed by atoms with E-state index in [2.05, 4.69) is 45.8 Å². The van der Waals surface area contributed by atoms with E-state index in [0.717, 1.165) is 89.6 Å². The summed E-state index contributed by atoms with van der Waals surface area (Å²) in [5.74, 6) is 3.04. The van der Waals surface area contributed by atoms with Gasteiger partial charge in [0.2, 0.25) is 0 Å². The third kappa shape index (κ3) is 7.21. The maximum Gasteiger partial charge on any atom is 0.261 e. The first-order valence-corrected chi connectivity index (χ1v) is 18.1. The number of methoxy groups -OCH3 is 1. The van der Waals surface area contributed by atoms with E-state index in [0.29, 0.717) is 58.5 Å². The predicted octanol–water partition coefficient (Wildman–Crippen LogP) is 4.58. The van der Waals surface area contributed by atoms with Crippen LogP contribution in [0.1, 0.15) is 39.2 Å². The van der Waals surface area contributed by atoms with Crippen molar-refractivity contribution >= 4 is 22.5 Å². The van der Waals surface area contributed by atoms with E-state index in [4.69, 9.17) is 14.5 Å². The van der Waals surface area contributed by atoms with Gasteiger partial charge in [0.15, 0.2) is 5.96 Å². The fourth-order valence-electron chi connectivity index (χ4n) is 8.56. The van der Waals surface area contributed by atoms with Crippen LogP contribution in [0, 0.1) is 29.0 Å². The summed E-state index contributed by atoms with van der Waals surface area (Å²) in [7, 11) is 1.51. The molecule has 264 valence electrons. The number of benzene rings is 2. The number of aromatic nitrogens is 2. The summed E-state index contributed by atoms with van der Waals surface area (Å²) in [5.41, 5.74) is 2.31. The number of ether oxygens (including phenoxy) is 2. The molecule has 2 saturated heterocycles. The average Bonchev–Trinajstić information content (AvgIpc) is 3.11. The molecule has 4 unspecified atom stereocenters. The lowest BCUT2D eigenvalue weighted by atomic mass is 9.45. The number of fused-ring (bicyclic) bond motifs is 3. The van der Waals surface area contributed by atoms with Gasteiger partial charge in [-0.3, -0.25) is 19.2 Å². The van der Waals surface area contributed by atoms with Gasteiger partial charge < -0.3 is 19.7 Å². The zero-order chi connectivity index (χ0) is 34.1. The van der Waals surface area contributed by atoms with Gasteiger partial charge in [-0.2, -0.15) is 0 Å². The summed E-state index contributed by atoms with van der Waals surface area (Å²) < 4.78 is 26.7. The number of anilines is 1. The van der Waals surface area contributed by atoms with Crippen LogP contribution in [0.2, 0.25) is 0 Å². The lowest BCUT2D eigenvalue weighted by Gasteiger charge is -2.61. The fraction of sp³-hybridized carbons (Fsp3) is 0.605. The summed E-state index contributed by atoms with van der Waals surface area (Å²) in [6, 6.07) is 10.8. The van der Waals surface area contributed by atoms with Gasteiger partial charge in [-0.1, -0.05) is 26.8 Å². The van der Waals surface area contributed by atoms with Crippen molar-refractivity contribution in [2.75, 3.05) is 78.0 Å². The van der Waals surface area contributed by atoms with Crippen LogP contribution < -0.4 is 15.6 Å². The molecule has 49 heavy (non-hydrogen) atoms. The number of guanidine groups is 1. The normalized spacial score (nSPS) is 26.1. The summed E-state index contributed by atoms with van der Waals surface area (Å²) in [5, 5.41) is 4.23. The highest BCUT2D eigenvalue weighted by Crippen LogP contribution is 2.61. The smallest absolute Gasteiger partial charge is 0.261 e. The van der Waals surface area contributed by atoms with Gasteiger partial charge in [-0.25, -0.2) is 14.4 Å². The lowest BCUT2D eigenvalue weighted by molar-refractivity contribution is -0.108. The number of aliphatic imine (C=N–C) groups is 1. The van der Waals surface area contributed by atoms with Crippen molar-refractivity contribution in [2.45, 2.75) is 52.6 Å². The molecule has 2 bridgehead atoms. The van der Waals surface area contributed by atoms with Gasteiger partial charge in [-0.05, 0) is 72.3 Å². The molecule has 8 rings (SSSR count). The van der Waals surface area contributed by atoms with Crippen LogP contribution in [0.25, 0.3) is 10.9 Å². The molecule has 5 aliphatic rings. The molecular weight excluding hydrogens is 621 g/mol. The van der Waals surface area contributed by atoms with E-state index in [1.54, 1.807) is 23.0 Å². The average molecular weight is 674 g/mol. The fourth-order valence-corrected chi connectivity index (χ4v) is 8.56. The summed E-state index contributed by atoms with van der Waals surface area (Å²) >= 11 is 0. The van der Waals surface area contributed by atoms with E-state index in [9.17, 15) is 9.18 Å². The van der Waals surface area contributed by atoms with E-state index in [1.807, 2.05) is 18.2 Å². The highest BCUT2D eigenvalue weighted by atomic mass is 19.1. The van der Waals surface area contributed by atoms with Crippen molar-refractivity contribution in [3.8, 4) is 5.75 Å². The molecule has 2 aliphatic heterocycles. The Bertz CT molecular complexity index is 1710. The maximum absolute atomic E-state index is 14.5. The Hall–Kier alpha value is -3.54. The van der Waals surface area contributed by atoms with E-state index in [-0.39, 0.29) is 11.4 Å². The first-order chi connectivity index (χ1) is 23.7. The molecule has 3 aromatic rings. The maximum atomic E-state index is 14.5. The van der Waals surface area contributed by atoms with Crippen LogP contribution >= 0.6 is 0 Å². The number of rotatable bonds is 9. The predicted molar refractivity (Wildman–Crippen MR) is 192 cm³/mol. The highest BCUT2D eigenvalue weighted by Gasteiger charge is 2.56.